The second kappa shape index (κ2) is 7.05. The van der Waals surface area contributed by atoms with Crippen molar-refractivity contribution in [2.75, 3.05) is 32.8 Å². The first-order chi connectivity index (χ1) is 11.9. The van der Waals surface area contributed by atoms with E-state index in [1.165, 1.54) is 0 Å². The number of aromatic nitrogens is 4. The molecule has 0 bridgehead atoms. The third-order valence-electron chi connectivity index (χ3n) is 4.99. The lowest BCUT2D eigenvalue weighted by atomic mass is 9.95. The number of hydrogen-bond donors (Lipinski definition) is 1. The molecular weight excluding hydrogens is 320 g/mol. The fraction of sp³-hybridized carbons (Fsp3) is 0.647. The van der Waals surface area contributed by atoms with Crippen LogP contribution in [0.5, 0.6) is 0 Å². The van der Waals surface area contributed by atoms with Gasteiger partial charge in [-0.3, -0.25) is 9.69 Å². The predicted molar refractivity (Wildman–Crippen MR) is 93.7 cm³/mol. The van der Waals surface area contributed by atoms with Gasteiger partial charge in [0.05, 0.1) is 13.2 Å². The molecule has 1 aliphatic heterocycles. The zero-order chi connectivity index (χ0) is 18.0. The average Bonchev–Trinajstić information content (AvgIpc) is 3.04. The summed E-state index contributed by atoms with van der Waals surface area (Å²) in [5.41, 5.74) is 1.65. The minimum atomic E-state index is -0.268. The number of morpholine rings is 1. The van der Waals surface area contributed by atoms with Crippen LogP contribution in [-0.2, 0) is 4.74 Å². The van der Waals surface area contributed by atoms with E-state index in [4.69, 9.17) is 4.74 Å². The van der Waals surface area contributed by atoms with Crippen LogP contribution in [0.1, 0.15) is 42.3 Å². The van der Waals surface area contributed by atoms with Gasteiger partial charge in [0, 0.05) is 36.6 Å². The maximum Gasteiger partial charge on any atom is 0.291 e. The van der Waals surface area contributed by atoms with E-state index >= 15 is 0 Å². The Morgan fingerprint density at radius 1 is 1.32 bits per heavy atom. The number of carbonyl (C=O) groups is 1. The van der Waals surface area contributed by atoms with Crippen molar-refractivity contribution in [3.8, 4) is 0 Å². The Labute approximate surface area is 147 Å². The molecule has 136 valence electrons. The molecule has 0 aromatic carbocycles. The monoisotopic (exact) mass is 346 g/mol. The van der Waals surface area contributed by atoms with Crippen LogP contribution in [0.15, 0.2) is 6.07 Å². The molecule has 1 saturated heterocycles. The quantitative estimate of drug-likeness (QED) is 0.868. The van der Waals surface area contributed by atoms with Crippen molar-refractivity contribution in [1.82, 2.24) is 29.8 Å². The molecule has 1 amide bonds. The molecule has 1 N–H and O–H groups in total. The number of aryl methyl sites for hydroxylation is 2. The normalized spacial score (nSPS) is 18.2. The van der Waals surface area contributed by atoms with Crippen molar-refractivity contribution in [3.63, 3.8) is 0 Å². The number of carbonyl (C=O) groups excluding carboxylic acids is 1. The fourth-order valence-corrected chi connectivity index (χ4v) is 3.18. The van der Waals surface area contributed by atoms with Gasteiger partial charge in [-0.05, 0) is 33.3 Å². The Kier molecular flexibility index (Phi) is 5.01. The van der Waals surface area contributed by atoms with Crippen LogP contribution in [0.3, 0.4) is 0 Å². The minimum Gasteiger partial charge on any atom is -0.379 e. The topological polar surface area (TPSA) is 84.7 Å². The van der Waals surface area contributed by atoms with Crippen LogP contribution in [0.25, 0.3) is 5.78 Å². The van der Waals surface area contributed by atoms with E-state index < -0.39 is 0 Å². The summed E-state index contributed by atoms with van der Waals surface area (Å²) in [5, 5.41) is 7.28. The lowest BCUT2D eigenvalue weighted by molar-refractivity contribution is -0.0169. The molecule has 8 nitrogen and oxygen atoms in total. The lowest BCUT2D eigenvalue weighted by Gasteiger charge is -2.42. The van der Waals surface area contributed by atoms with Crippen molar-refractivity contribution in [3.05, 3.63) is 23.3 Å². The van der Waals surface area contributed by atoms with Crippen molar-refractivity contribution in [1.29, 1.82) is 0 Å². The molecule has 0 saturated carbocycles. The highest BCUT2D eigenvalue weighted by Crippen LogP contribution is 2.20. The van der Waals surface area contributed by atoms with Gasteiger partial charge in [-0.15, -0.1) is 5.10 Å². The SMILES string of the molecule is CCC(C)(CNC(=O)c1nc2nc(C)cc(C)n2n1)N1CCOCC1. The van der Waals surface area contributed by atoms with E-state index in [0.29, 0.717) is 12.3 Å². The second-order valence-corrected chi connectivity index (χ2v) is 6.82. The molecule has 3 heterocycles. The Morgan fingerprint density at radius 2 is 2.04 bits per heavy atom. The summed E-state index contributed by atoms with van der Waals surface area (Å²) in [6, 6.07) is 1.91. The molecule has 2 aromatic rings. The zero-order valence-corrected chi connectivity index (χ0v) is 15.4. The maximum atomic E-state index is 12.5. The number of hydrogen-bond acceptors (Lipinski definition) is 6. The van der Waals surface area contributed by atoms with Gasteiger partial charge in [-0.1, -0.05) is 6.92 Å². The van der Waals surface area contributed by atoms with E-state index in [9.17, 15) is 4.79 Å². The molecule has 0 radical (unpaired) electrons. The Morgan fingerprint density at radius 3 is 2.72 bits per heavy atom. The van der Waals surface area contributed by atoms with Gasteiger partial charge < -0.3 is 10.1 Å². The standard InChI is InChI=1S/C17H26N6O2/c1-5-17(4,22-6-8-25-9-7-22)11-18-15(24)14-20-16-19-12(2)10-13(3)23(16)21-14/h10H,5-9,11H2,1-4H3,(H,18,24). The van der Waals surface area contributed by atoms with Gasteiger partial charge in [0.15, 0.2) is 0 Å². The average molecular weight is 346 g/mol. The van der Waals surface area contributed by atoms with E-state index in [0.717, 1.165) is 44.1 Å². The smallest absolute Gasteiger partial charge is 0.291 e. The summed E-state index contributed by atoms with van der Waals surface area (Å²) in [4.78, 5) is 23.5. The molecule has 8 heteroatoms. The van der Waals surface area contributed by atoms with E-state index in [2.05, 4.69) is 39.1 Å². The molecule has 25 heavy (non-hydrogen) atoms. The van der Waals surface area contributed by atoms with Gasteiger partial charge in [0.25, 0.3) is 11.7 Å². The highest BCUT2D eigenvalue weighted by atomic mass is 16.5. The third-order valence-corrected chi connectivity index (χ3v) is 4.99. The molecule has 0 spiro atoms. The summed E-state index contributed by atoms with van der Waals surface area (Å²) in [7, 11) is 0. The number of ether oxygens (including phenoxy) is 1. The van der Waals surface area contributed by atoms with Crippen molar-refractivity contribution < 1.29 is 9.53 Å². The fourth-order valence-electron chi connectivity index (χ4n) is 3.18. The molecular formula is C17H26N6O2. The third kappa shape index (κ3) is 3.64. The first-order valence-corrected chi connectivity index (χ1v) is 8.75. The van der Waals surface area contributed by atoms with E-state index in [1.54, 1.807) is 4.52 Å². The number of fused-ring (bicyclic) bond motifs is 1. The predicted octanol–water partition coefficient (Wildman–Crippen LogP) is 0.972. The highest BCUT2D eigenvalue weighted by Gasteiger charge is 2.32. The van der Waals surface area contributed by atoms with Crippen molar-refractivity contribution in [2.45, 2.75) is 39.7 Å². The number of rotatable bonds is 5. The molecule has 2 aromatic heterocycles. The second-order valence-electron chi connectivity index (χ2n) is 6.82. The first kappa shape index (κ1) is 17.8. The molecule has 3 rings (SSSR count). The Bertz CT molecular complexity index is 768. The van der Waals surface area contributed by atoms with Crippen LogP contribution in [0.2, 0.25) is 0 Å². The first-order valence-electron chi connectivity index (χ1n) is 8.75. The summed E-state index contributed by atoms with van der Waals surface area (Å²) in [6.45, 7) is 11.9. The maximum absolute atomic E-state index is 12.5. The molecule has 0 aliphatic carbocycles. The van der Waals surface area contributed by atoms with Gasteiger partial charge in [-0.25, -0.2) is 9.50 Å². The highest BCUT2D eigenvalue weighted by molar-refractivity contribution is 5.90. The van der Waals surface area contributed by atoms with Gasteiger partial charge in [-0.2, -0.15) is 4.98 Å². The number of amides is 1. The number of nitrogens with one attached hydrogen (secondary N) is 1. The molecule has 1 fully saturated rings. The largest absolute Gasteiger partial charge is 0.379 e. The van der Waals surface area contributed by atoms with E-state index in [1.807, 2.05) is 19.9 Å². The zero-order valence-electron chi connectivity index (χ0n) is 15.4. The van der Waals surface area contributed by atoms with Crippen LogP contribution >= 0.6 is 0 Å². The van der Waals surface area contributed by atoms with Crippen molar-refractivity contribution in [2.24, 2.45) is 0 Å². The van der Waals surface area contributed by atoms with Gasteiger partial charge >= 0.3 is 0 Å². The number of nitrogens with zero attached hydrogens (tertiary/aromatic N) is 5. The minimum absolute atomic E-state index is 0.108. The van der Waals surface area contributed by atoms with Gasteiger partial charge in [0.2, 0.25) is 5.82 Å². The van der Waals surface area contributed by atoms with Crippen LogP contribution in [-0.4, -0.2) is 68.8 Å². The van der Waals surface area contributed by atoms with Crippen LogP contribution in [0, 0.1) is 13.8 Å². The molecule has 1 atom stereocenters. The van der Waals surface area contributed by atoms with Crippen LogP contribution in [0.4, 0.5) is 0 Å². The summed E-state index contributed by atoms with van der Waals surface area (Å²) < 4.78 is 7.03. The Balaban J connectivity index is 1.72. The summed E-state index contributed by atoms with van der Waals surface area (Å²) in [5.74, 6) is 0.339. The van der Waals surface area contributed by atoms with E-state index in [-0.39, 0.29) is 17.3 Å². The Hall–Kier alpha value is -2.06. The van der Waals surface area contributed by atoms with Crippen LogP contribution < -0.4 is 5.32 Å². The molecule has 1 aliphatic rings. The summed E-state index contributed by atoms with van der Waals surface area (Å²) in [6.07, 6.45) is 0.936. The molecule has 1 unspecified atom stereocenters. The van der Waals surface area contributed by atoms with Crippen molar-refractivity contribution >= 4 is 11.7 Å². The van der Waals surface area contributed by atoms with Gasteiger partial charge in [0.1, 0.15) is 0 Å². The lowest BCUT2D eigenvalue weighted by Crippen LogP contribution is -2.56. The summed E-state index contributed by atoms with van der Waals surface area (Å²) >= 11 is 0.